The topological polar surface area (TPSA) is 73.3 Å². The molecule has 1 saturated heterocycles. The van der Waals surface area contributed by atoms with Crippen molar-refractivity contribution < 1.29 is 23.8 Å². The number of anilines is 1. The Morgan fingerprint density at radius 1 is 0.944 bits per heavy atom. The number of fused-ring (bicyclic) bond motifs is 1. The van der Waals surface area contributed by atoms with Crippen LogP contribution >= 0.6 is 0 Å². The summed E-state index contributed by atoms with van der Waals surface area (Å²) < 4.78 is 18.7. The summed E-state index contributed by atoms with van der Waals surface area (Å²) in [6, 6.07) is 16.9. The molecule has 5 rings (SSSR count). The summed E-state index contributed by atoms with van der Waals surface area (Å²) in [4.78, 5) is 32.0. The van der Waals surface area contributed by atoms with Gasteiger partial charge in [-0.3, -0.25) is 19.4 Å². The number of hydrogen-bond donors (Lipinski definition) is 1. The monoisotopic (exact) mass is 489 g/mol. The average Bonchev–Trinajstić information content (AvgIpc) is 3.14. The maximum absolute atomic E-state index is 13.5. The van der Waals surface area contributed by atoms with E-state index < -0.39 is 0 Å². The molecule has 0 aliphatic carbocycles. The first-order chi connectivity index (χ1) is 17.4. The van der Waals surface area contributed by atoms with Crippen LogP contribution in [0.1, 0.15) is 31.8 Å². The lowest BCUT2D eigenvalue weighted by Crippen LogP contribution is -2.46. The Morgan fingerprint density at radius 3 is 2.44 bits per heavy atom. The fraction of sp³-hybridized carbons (Fsp3) is 0.286. The van der Waals surface area contributed by atoms with Gasteiger partial charge in [0.05, 0.1) is 23.9 Å². The number of methoxy groups -OCH3 is 1. The number of hydrogen-bond acceptors (Lipinski definition) is 6. The summed E-state index contributed by atoms with van der Waals surface area (Å²) in [5.41, 5.74) is 3.21. The highest BCUT2D eigenvalue weighted by atomic mass is 19.1. The molecule has 3 aromatic carbocycles. The van der Waals surface area contributed by atoms with E-state index in [0.29, 0.717) is 42.9 Å². The number of carbonyl (C=O) groups excluding carboxylic acids is 2. The maximum atomic E-state index is 13.5. The summed E-state index contributed by atoms with van der Waals surface area (Å²) in [5, 5.41) is 10.3. The summed E-state index contributed by atoms with van der Waals surface area (Å²) in [6.07, 6.45) is 0.398. The quantitative estimate of drug-likeness (QED) is 0.511. The Morgan fingerprint density at radius 2 is 1.72 bits per heavy atom. The van der Waals surface area contributed by atoms with E-state index in [1.54, 1.807) is 31.4 Å². The Labute approximate surface area is 209 Å². The van der Waals surface area contributed by atoms with Crippen molar-refractivity contribution in [2.45, 2.75) is 13.0 Å². The van der Waals surface area contributed by atoms with E-state index in [2.05, 4.69) is 9.80 Å². The van der Waals surface area contributed by atoms with E-state index in [0.717, 1.165) is 29.9 Å². The molecule has 7 nitrogen and oxygen atoms in total. The zero-order chi connectivity index (χ0) is 25.2. The SMILES string of the molecule is COc1ccc(CN2CCN(c3cccc4c3C(=O)N(CCc3cccc(F)c3)C4=O)CC2)c(O)c1. The van der Waals surface area contributed by atoms with Crippen molar-refractivity contribution >= 4 is 17.5 Å². The molecule has 0 bridgehead atoms. The van der Waals surface area contributed by atoms with E-state index in [-0.39, 0.29) is 29.9 Å². The normalized spacial score (nSPS) is 15.9. The average molecular weight is 490 g/mol. The molecule has 2 amide bonds. The highest BCUT2D eigenvalue weighted by Gasteiger charge is 2.38. The number of halogens is 1. The third kappa shape index (κ3) is 4.64. The van der Waals surface area contributed by atoms with Gasteiger partial charge in [0.25, 0.3) is 11.8 Å². The van der Waals surface area contributed by atoms with Gasteiger partial charge in [-0.1, -0.05) is 24.3 Å². The molecule has 3 aromatic rings. The van der Waals surface area contributed by atoms with Crippen molar-refractivity contribution in [3.05, 3.63) is 88.7 Å². The molecule has 0 atom stereocenters. The van der Waals surface area contributed by atoms with Crippen LogP contribution in [0.2, 0.25) is 0 Å². The van der Waals surface area contributed by atoms with Gasteiger partial charge in [-0.25, -0.2) is 4.39 Å². The second kappa shape index (κ2) is 9.99. The number of nitrogens with zero attached hydrogens (tertiary/aromatic N) is 3. The Bertz CT molecular complexity index is 1300. The minimum atomic E-state index is -0.335. The van der Waals surface area contributed by atoms with E-state index >= 15 is 0 Å². The number of carbonyl (C=O) groups is 2. The summed E-state index contributed by atoms with van der Waals surface area (Å²) in [7, 11) is 1.57. The van der Waals surface area contributed by atoms with Crippen molar-refractivity contribution in [2.75, 3.05) is 44.7 Å². The number of phenolic OH excluding ortho intramolecular Hbond substituents is 1. The minimum absolute atomic E-state index is 0.203. The maximum Gasteiger partial charge on any atom is 0.263 e. The van der Waals surface area contributed by atoms with Crippen LogP contribution in [0.5, 0.6) is 11.5 Å². The summed E-state index contributed by atoms with van der Waals surface area (Å²) in [6.45, 7) is 3.70. The molecule has 0 radical (unpaired) electrons. The van der Waals surface area contributed by atoms with Crippen molar-refractivity contribution in [1.82, 2.24) is 9.80 Å². The first-order valence-corrected chi connectivity index (χ1v) is 12.0. The number of phenols is 1. The van der Waals surface area contributed by atoms with Crippen molar-refractivity contribution in [3.63, 3.8) is 0 Å². The fourth-order valence-corrected chi connectivity index (χ4v) is 4.91. The first kappa shape index (κ1) is 23.8. The molecule has 36 heavy (non-hydrogen) atoms. The molecule has 2 heterocycles. The van der Waals surface area contributed by atoms with Crippen LogP contribution in [0, 0.1) is 5.82 Å². The van der Waals surface area contributed by atoms with Crippen LogP contribution < -0.4 is 9.64 Å². The third-order valence-electron chi connectivity index (χ3n) is 6.89. The van der Waals surface area contributed by atoms with Gasteiger partial charge in [0, 0.05) is 50.9 Å². The molecule has 1 N–H and O–H groups in total. The van der Waals surface area contributed by atoms with Gasteiger partial charge in [-0.05, 0) is 42.3 Å². The number of ether oxygens (including phenoxy) is 1. The van der Waals surface area contributed by atoms with Gasteiger partial charge in [0.15, 0.2) is 0 Å². The van der Waals surface area contributed by atoms with Gasteiger partial charge < -0.3 is 14.7 Å². The largest absolute Gasteiger partial charge is 0.507 e. The number of piperazine rings is 1. The molecule has 8 heteroatoms. The first-order valence-electron chi connectivity index (χ1n) is 12.0. The van der Waals surface area contributed by atoms with Gasteiger partial charge >= 0.3 is 0 Å². The molecule has 186 valence electrons. The van der Waals surface area contributed by atoms with Crippen LogP contribution in [0.3, 0.4) is 0 Å². The van der Waals surface area contributed by atoms with Gasteiger partial charge in [0.1, 0.15) is 17.3 Å². The van der Waals surface area contributed by atoms with Gasteiger partial charge in [-0.15, -0.1) is 0 Å². The number of rotatable bonds is 7. The molecule has 0 unspecified atom stereocenters. The lowest BCUT2D eigenvalue weighted by Gasteiger charge is -2.36. The van der Waals surface area contributed by atoms with Gasteiger partial charge in [0.2, 0.25) is 0 Å². The molecular formula is C28H28FN3O4. The fourth-order valence-electron chi connectivity index (χ4n) is 4.91. The van der Waals surface area contributed by atoms with Crippen LogP contribution in [0.25, 0.3) is 0 Å². The number of benzene rings is 3. The smallest absolute Gasteiger partial charge is 0.263 e. The van der Waals surface area contributed by atoms with Crippen LogP contribution in [-0.4, -0.2) is 66.6 Å². The minimum Gasteiger partial charge on any atom is -0.507 e. The molecular weight excluding hydrogens is 461 g/mol. The molecule has 0 spiro atoms. The molecule has 2 aliphatic rings. The predicted molar refractivity (Wildman–Crippen MR) is 134 cm³/mol. The Kier molecular flexibility index (Phi) is 6.61. The predicted octanol–water partition coefficient (Wildman–Crippen LogP) is 3.70. The number of aromatic hydroxyl groups is 1. The highest BCUT2D eigenvalue weighted by Crippen LogP contribution is 2.33. The van der Waals surface area contributed by atoms with E-state index in [1.807, 2.05) is 24.3 Å². The van der Waals surface area contributed by atoms with E-state index in [9.17, 15) is 19.1 Å². The van der Waals surface area contributed by atoms with Crippen molar-refractivity contribution in [2.24, 2.45) is 0 Å². The van der Waals surface area contributed by atoms with E-state index in [4.69, 9.17) is 4.74 Å². The Hall–Kier alpha value is -3.91. The third-order valence-corrected chi connectivity index (χ3v) is 6.89. The standard InChI is InChI=1S/C28H28FN3O4/c1-36-22-9-8-20(25(33)17-22)18-30-12-14-31(15-13-30)24-7-3-6-23-26(24)28(35)32(27(23)34)11-10-19-4-2-5-21(29)16-19/h2-9,16-17,33H,10-15,18H2,1H3. The molecule has 0 aromatic heterocycles. The number of imide groups is 1. The molecule has 0 saturated carbocycles. The summed E-state index contributed by atoms with van der Waals surface area (Å²) in [5.74, 6) is -0.115. The summed E-state index contributed by atoms with van der Waals surface area (Å²) >= 11 is 0. The van der Waals surface area contributed by atoms with Crippen molar-refractivity contribution in [3.8, 4) is 11.5 Å². The molecule has 1 fully saturated rings. The van der Waals surface area contributed by atoms with Gasteiger partial charge in [-0.2, -0.15) is 0 Å². The van der Waals surface area contributed by atoms with Crippen LogP contribution in [-0.2, 0) is 13.0 Å². The molecule has 2 aliphatic heterocycles. The van der Waals surface area contributed by atoms with Crippen molar-refractivity contribution in [1.29, 1.82) is 0 Å². The lowest BCUT2D eigenvalue weighted by molar-refractivity contribution is 0.0656. The zero-order valence-corrected chi connectivity index (χ0v) is 20.1. The Balaban J connectivity index is 1.26. The zero-order valence-electron chi connectivity index (χ0n) is 20.1. The highest BCUT2D eigenvalue weighted by molar-refractivity contribution is 6.23. The van der Waals surface area contributed by atoms with Crippen LogP contribution in [0.15, 0.2) is 60.7 Å². The van der Waals surface area contributed by atoms with E-state index in [1.165, 1.54) is 17.0 Å². The second-order valence-electron chi connectivity index (χ2n) is 9.10. The lowest BCUT2D eigenvalue weighted by atomic mass is 10.1. The van der Waals surface area contributed by atoms with Crippen LogP contribution in [0.4, 0.5) is 10.1 Å². The number of amides is 2. The second-order valence-corrected chi connectivity index (χ2v) is 9.10.